The summed E-state index contributed by atoms with van der Waals surface area (Å²) in [4.78, 5) is 8.82. The highest BCUT2D eigenvalue weighted by Crippen LogP contribution is 2.33. The van der Waals surface area contributed by atoms with Gasteiger partial charge in [0.05, 0.1) is 5.69 Å². The van der Waals surface area contributed by atoms with Gasteiger partial charge in [0.15, 0.2) is 5.13 Å². The van der Waals surface area contributed by atoms with Crippen molar-refractivity contribution < 1.29 is 0 Å². The average Bonchev–Trinajstić information content (AvgIpc) is 2.92. The fraction of sp³-hybridized carbons (Fsp3) is 0.812. The van der Waals surface area contributed by atoms with Crippen molar-refractivity contribution in [2.75, 3.05) is 18.0 Å². The first kappa shape index (κ1) is 15.8. The minimum absolute atomic E-state index is 0.636. The summed E-state index contributed by atoms with van der Waals surface area (Å²) in [6.45, 7) is 14.6. The van der Waals surface area contributed by atoms with Crippen LogP contribution in [-0.2, 0) is 13.0 Å². The summed E-state index contributed by atoms with van der Waals surface area (Å²) in [6, 6.07) is 0.636. The van der Waals surface area contributed by atoms with Gasteiger partial charge in [0.1, 0.15) is 0 Å². The van der Waals surface area contributed by atoms with Gasteiger partial charge < -0.3 is 10.2 Å². The molecule has 0 aromatic carbocycles. The normalized spacial score (nSPS) is 23.0. The quantitative estimate of drug-likeness (QED) is 0.867. The van der Waals surface area contributed by atoms with E-state index in [1.165, 1.54) is 22.1 Å². The maximum Gasteiger partial charge on any atom is 0.186 e. The van der Waals surface area contributed by atoms with E-state index in [-0.39, 0.29) is 0 Å². The second kappa shape index (κ2) is 6.90. The molecule has 1 aromatic heterocycles. The maximum absolute atomic E-state index is 4.90. The molecule has 0 aliphatic carbocycles. The fourth-order valence-corrected chi connectivity index (χ4v) is 4.18. The number of hydrogen-bond acceptors (Lipinski definition) is 4. The van der Waals surface area contributed by atoms with Crippen LogP contribution in [-0.4, -0.2) is 24.1 Å². The third kappa shape index (κ3) is 3.73. The monoisotopic (exact) mass is 295 g/mol. The van der Waals surface area contributed by atoms with Crippen molar-refractivity contribution in [1.29, 1.82) is 0 Å². The molecule has 2 unspecified atom stereocenters. The van der Waals surface area contributed by atoms with Gasteiger partial charge in [-0.3, -0.25) is 0 Å². The van der Waals surface area contributed by atoms with Gasteiger partial charge >= 0.3 is 0 Å². The number of nitrogens with zero attached hydrogens (tertiary/aromatic N) is 2. The highest BCUT2D eigenvalue weighted by molar-refractivity contribution is 7.15. The van der Waals surface area contributed by atoms with Crippen LogP contribution in [0.1, 0.15) is 51.6 Å². The minimum Gasteiger partial charge on any atom is -0.345 e. The Morgan fingerprint density at radius 1 is 1.40 bits per heavy atom. The molecule has 20 heavy (non-hydrogen) atoms. The largest absolute Gasteiger partial charge is 0.345 e. The number of aromatic nitrogens is 1. The average molecular weight is 295 g/mol. The molecular weight excluding hydrogens is 266 g/mol. The number of rotatable bonds is 6. The lowest BCUT2D eigenvalue weighted by Crippen LogP contribution is -2.26. The summed E-state index contributed by atoms with van der Waals surface area (Å²) in [7, 11) is 0. The van der Waals surface area contributed by atoms with Crippen LogP contribution in [0.2, 0.25) is 0 Å². The van der Waals surface area contributed by atoms with Crippen molar-refractivity contribution in [1.82, 2.24) is 10.3 Å². The van der Waals surface area contributed by atoms with E-state index in [4.69, 9.17) is 4.98 Å². The summed E-state index contributed by atoms with van der Waals surface area (Å²) in [5.41, 5.74) is 1.29. The first-order chi connectivity index (χ1) is 9.51. The Kier molecular flexibility index (Phi) is 5.44. The van der Waals surface area contributed by atoms with Crippen molar-refractivity contribution in [3.05, 3.63) is 10.6 Å². The molecule has 4 heteroatoms. The topological polar surface area (TPSA) is 28.2 Å². The van der Waals surface area contributed by atoms with Crippen LogP contribution in [0.25, 0.3) is 0 Å². The first-order valence-electron chi connectivity index (χ1n) is 7.97. The van der Waals surface area contributed by atoms with E-state index in [2.05, 4.69) is 44.8 Å². The molecule has 2 rings (SSSR count). The summed E-state index contributed by atoms with van der Waals surface area (Å²) >= 11 is 1.89. The molecule has 1 aromatic rings. The molecule has 1 N–H and O–H groups in total. The van der Waals surface area contributed by atoms with Crippen LogP contribution in [0, 0.1) is 11.8 Å². The molecule has 1 aliphatic heterocycles. The van der Waals surface area contributed by atoms with Gasteiger partial charge in [-0.15, -0.1) is 11.3 Å². The number of nitrogens with one attached hydrogen (secondary N) is 1. The number of thiazole rings is 1. The molecule has 0 spiro atoms. The Balaban J connectivity index is 2.06. The van der Waals surface area contributed by atoms with Crippen LogP contribution in [0.4, 0.5) is 5.13 Å². The van der Waals surface area contributed by atoms with Crippen LogP contribution in [0.3, 0.4) is 0 Å². The zero-order chi connectivity index (χ0) is 14.7. The smallest absolute Gasteiger partial charge is 0.186 e. The van der Waals surface area contributed by atoms with E-state index in [1.54, 1.807) is 0 Å². The molecule has 114 valence electrons. The predicted octanol–water partition coefficient (Wildman–Crippen LogP) is 3.69. The van der Waals surface area contributed by atoms with E-state index >= 15 is 0 Å². The van der Waals surface area contributed by atoms with Gasteiger partial charge in [-0.1, -0.05) is 27.7 Å². The second-order valence-electron chi connectivity index (χ2n) is 6.59. The second-order valence-corrected chi connectivity index (χ2v) is 7.65. The van der Waals surface area contributed by atoms with E-state index in [9.17, 15) is 0 Å². The molecule has 1 aliphatic rings. The lowest BCUT2D eigenvalue weighted by atomic mass is 10.1. The lowest BCUT2D eigenvalue weighted by molar-refractivity contribution is 0.553. The Bertz CT molecular complexity index is 427. The summed E-state index contributed by atoms with van der Waals surface area (Å²) in [5, 5.41) is 4.79. The SMILES string of the molecule is CCc1nc(N2CC(C)CC2C)sc1CNCC(C)C. The van der Waals surface area contributed by atoms with Gasteiger partial charge in [-0.05, 0) is 38.1 Å². The Hall–Kier alpha value is -0.610. The standard InChI is InChI=1S/C16H29N3S/c1-6-14-15(9-17-8-11(2)3)20-16(18-14)19-10-12(4)7-13(19)5/h11-13,17H,6-10H2,1-5H3. The molecular formula is C16H29N3S. The van der Waals surface area contributed by atoms with Crippen molar-refractivity contribution >= 4 is 16.5 Å². The number of hydrogen-bond donors (Lipinski definition) is 1. The molecule has 2 atom stereocenters. The van der Waals surface area contributed by atoms with Gasteiger partial charge in [0.25, 0.3) is 0 Å². The van der Waals surface area contributed by atoms with Crippen LogP contribution in [0.15, 0.2) is 0 Å². The zero-order valence-corrected chi connectivity index (χ0v) is 14.4. The van der Waals surface area contributed by atoms with Gasteiger partial charge in [0, 0.05) is 24.0 Å². The van der Waals surface area contributed by atoms with Crippen LogP contribution >= 0.6 is 11.3 Å². The molecule has 0 amide bonds. The molecule has 0 radical (unpaired) electrons. The molecule has 1 fully saturated rings. The zero-order valence-electron chi connectivity index (χ0n) is 13.6. The lowest BCUT2D eigenvalue weighted by Gasteiger charge is -2.20. The number of aryl methyl sites for hydroxylation is 1. The Morgan fingerprint density at radius 3 is 2.70 bits per heavy atom. The van der Waals surface area contributed by atoms with E-state index in [0.717, 1.165) is 32.0 Å². The van der Waals surface area contributed by atoms with Gasteiger partial charge in [-0.2, -0.15) is 0 Å². The number of anilines is 1. The van der Waals surface area contributed by atoms with Crippen LogP contribution < -0.4 is 10.2 Å². The van der Waals surface area contributed by atoms with E-state index in [0.29, 0.717) is 12.0 Å². The Morgan fingerprint density at radius 2 is 2.15 bits per heavy atom. The van der Waals surface area contributed by atoms with Crippen molar-refractivity contribution in [2.24, 2.45) is 11.8 Å². The van der Waals surface area contributed by atoms with Crippen molar-refractivity contribution in [3.63, 3.8) is 0 Å². The first-order valence-corrected chi connectivity index (χ1v) is 8.78. The summed E-state index contributed by atoms with van der Waals surface area (Å²) in [6.07, 6.45) is 2.33. The third-order valence-corrected chi connectivity index (χ3v) is 5.10. The Labute approximate surface area is 127 Å². The molecule has 3 nitrogen and oxygen atoms in total. The molecule has 2 heterocycles. The van der Waals surface area contributed by atoms with Crippen LogP contribution in [0.5, 0.6) is 0 Å². The highest BCUT2D eigenvalue weighted by Gasteiger charge is 2.28. The third-order valence-electron chi connectivity index (χ3n) is 3.97. The summed E-state index contributed by atoms with van der Waals surface area (Å²) < 4.78 is 0. The molecule has 0 bridgehead atoms. The highest BCUT2D eigenvalue weighted by atomic mass is 32.1. The minimum atomic E-state index is 0.636. The van der Waals surface area contributed by atoms with E-state index < -0.39 is 0 Å². The summed E-state index contributed by atoms with van der Waals surface area (Å²) in [5.74, 6) is 1.49. The molecule has 1 saturated heterocycles. The van der Waals surface area contributed by atoms with Crippen molar-refractivity contribution in [3.8, 4) is 0 Å². The van der Waals surface area contributed by atoms with Gasteiger partial charge in [0.2, 0.25) is 0 Å². The van der Waals surface area contributed by atoms with E-state index in [1.807, 2.05) is 11.3 Å². The predicted molar refractivity (Wildman–Crippen MR) is 88.6 cm³/mol. The fourth-order valence-electron chi connectivity index (χ4n) is 2.95. The molecule has 0 saturated carbocycles. The van der Waals surface area contributed by atoms with Gasteiger partial charge in [-0.25, -0.2) is 4.98 Å². The maximum atomic E-state index is 4.90. The van der Waals surface area contributed by atoms with Crippen molar-refractivity contribution in [2.45, 2.75) is 60.0 Å².